The van der Waals surface area contributed by atoms with Crippen LogP contribution in [0, 0.1) is 11.3 Å². The molecule has 0 spiro atoms. The molecule has 0 amide bonds. The van der Waals surface area contributed by atoms with E-state index in [1.807, 2.05) is 0 Å². The Morgan fingerprint density at radius 1 is 1.54 bits per heavy atom. The SMILES string of the molecule is CCOC(=O)c1nc2c(o1)NC(N)=C(C#N)[C@@H]2c1ccccc1Cl. The van der Waals surface area contributed by atoms with E-state index in [1.54, 1.807) is 31.2 Å². The zero-order chi connectivity index (χ0) is 17.3. The predicted molar refractivity (Wildman–Crippen MR) is 86.2 cm³/mol. The maximum Gasteiger partial charge on any atom is 0.394 e. The molecule has 0 saturated carbocycles. The molecule has 7 nitrogen and oxygen atoms in total. The maximum absolute atomic E-state index is 11.9. The number of nitriles is 1. The molecule has 0 saturated heterocycles. The number of esters is 1. The van der Waals surface area contributed by atoms with Crippen molar-refractivity contribution in [3.63, 3.8) is 0 Å². The van der Waals surface area contributed by atoms with Crippen LogP contribution in [0.1, 0.15) is 34.8 Å². The number of fused-ring (bicyclic) bond motifs is 1. The zero-order valence-electron chi connectivity index (χ0n) is 12.7. The van der Waals surface area contributed by atoms with Gasteiger partial charge in [-0.2, -0.15) is 5.26 Å². The van der Waals surface area contributed by atoms with Crippen LogP contribution in [0.2, 0.25) is 5.02 Å². The summed E-state index contributed by atoms with van der Waals surface area (Å²) in [7, 11) is 0. The lowest BCUT2D eigenvalue weighted by molar-refractivity contribution is 0.0482. The number of benzene rings is 1. The fourth-order valence-corrected chi connectivity index (χ4v) is 2.76. The number of hydrogen-bond acceptors (Lipinski definition) is 7. The third-order valence-electron chi connectivity index (χ3n) is 3.54. The molecule has 2 heterocycles. The number of nitrogens with two attached hydrogens (primary N) is 1. The van der Waals surface area contributed by atoms with Gasteiger partial charge in [0, 0.05) is 5.02 Å². The number of aromatic nitrogens is 1. The van der Waals surface area contributed by atoms with Crippen LogP contribution in [0.15, 0.2) is 40.1 Å². The Kier molecular flexibility index (Phi) is 4.15. The van der Waals surface area contributed by atoms with Gasteiger partial charge in [-0.1, -0.05) is 29.8 Å². The summed E-state index contributed by atoms with van der Waals surface area (Å²) in [4.78, 5) is 16.1. The molecule has 8 heteroatoms. The second-order valence-electron chi connectivity index (χ2n) is 4.97. The molecule has 3 rings (SSSR count). The quantitative estimate of drug-likeness (QED) is 0.822. The van der Waals surface area contributed by atoms with Crippen LogP contribution in [-0.4, -0.2) is 17.6 Å². The summed E-state index contributed by atoms with van der Waals surface area (Å²) in [5.41, 5.74) is 7.18. The van der Waals surface area contributed by atoms with Crippen molar-refractivity contribution >= 4 is 23.5 Å². The molecule has 1 aliphatic rings. The highest BCUT2D eigenvalue weighted by Crippen LogP contribution is 2.42. The van der Waals surface area contributed by atoms with Crippen molar-refractivity contribution in [2.75, 3.05) is 11.9 Å². The van der Waals surface area contributed by atoms with Gasteiger partial charge >= 0.3 is 11.9 Å². The second-order valence-corrected chi connectivity index (χ2v) is 5.38. The highest BCUT2D eigenvalue weighted by atomic mass is 35.5. The van der Waals surface area contributed by atoms with Crippen molar-refractivity contribution in [2.45, 2.75) is 12.8 Å². The number of halogens is 1. The molecule has 0 fully saturated rings. The third kappa shape index (κ3) is 2.57. The van der Waals surface area contributed by atoms with Gasteiger partial charge in [-0.05, 0) is 18.6 Å². The predicted octanol–water partition coefficient (Wildman–Crippen LogP) is 2.76. The number of carbonyl (C=O) groups is 1. The number of nitrogens with one attached hydrogen (secondary N) is 1. The Bertz CT molecular complexity index is 882. The normalized spacial score (nSPS) is 16.1. The average Bonchev–Trinajstić information content (AvgIpc) is 2.98. The number of allylic oxidation sites excluding steroid dienone is 1. The van der Waals surface area contributed by atoms with Gasteiger partial charge in [-0.15, -0.1) is 0 Å². The second kappa shape index (κ2) is 6.26. The first kappa shape index (κ1) is 15.9. The highest BCUT2D eigenvalue weighted by Gasteiger charge is 2.35. The molecule has 1 atom stereocenters. The molecular formula is C16H13ClN4O3. The smallest absolute Gasteiger partial charge is 0.394 e. The molecule has 0 radical (unpaired) electrons. The van der Waals surface area contributed by atoms with E-state index in [4.69, 9.17) is 26.5 Å². The molecule has 1 aromatic carbocycles. The summed E-state index contributed by atoms with van der Waals surface area (Å²) in [6.45, 7) is 1.87. The van der Waals surface area contributed by atoms with Crippen molar-refractivity contribution in [2.24, 2.45) is 5.73 Å². The van der Waals surface area contributed by atoms with Crippen LogP contribution in [-0.2, 0) is 4.74 Å². The van der Waals surface area contributed by atoms with Gasteiger partial charge in [0.05, 0.1) is 24.2 Å². The van der Waals surface area contributed by atoms with Gasteiger partial charge in [0.2, 0.25) is 5.88 Å². The molecule has 24 heavy (non-hydrogen) atoms. The Labute approximate surface area is 142 Å². The summed E-state index contributed by atoms with van der Waals surface area (Å²) in [5, 5.41) is 12.7. The Morgan fingerprint density at radius 3 is 2.96 bits per heavy atom. The summed E-state index contributed by atoms with van der Waals surface area (Å²) in [5.74, 6) is -1.21. The lowest BCUT2D eigenvalue weighted by Crippen LogP contribution is -2.22. The molecule has 3 N–H and O–H groups in total. The van der Waals surface area contributed by atoms with Crippen LogP contribution in [0.5, 0.6) is 0 Å². The van der Waals surface area contributed by atoms with Gasteiger partial charge < -0.3 is 20.2 Å². The largest absolute Gasteiger partial charge is 0.459 e. The number of ether oxygens (including phenoxy) is 1. The average molecular weight is 345 g/mol. The molecule has 0 bridgehead atoms. The molecule has 2 aromatic rings. The van der Waals surface area contributed by atoms with Crippen LogP contribution < -0.4 is 11.1 Å². The third-order valence-corrected chi connectivity index (χ3v) is 3.88. The van der Waals surface area contributed by atoms with E-state index < -0.39 is 11.9 Å². The molecule has 1 aliphatic heterocycles. The van der Waals surface area contributed by atoms with E-state index in [2.05, 4.69) is 16.4 Å². The van der Waals surface area contributed by atoms with Gasteiger partial charge in [-0.3, -0.25) is 0 Å². The zero-order valence-corrected chi connectivity index (χ0v) is 13.4. The number of hydrogen-bond donors (Lipinski definition) is 2. The minimum Gasteiger partial charge on any atom is -0.459 e. The lowest BCUT2D eigenvalue weighted by atomic mass is 9.87. The highest BCUT2D eigenvalue weighted by molar-refractivity contribution is 6.31. The fraction of sp³-hybridized carbons (Fsp3) is 0.188. The van der Waals surface area contributed by atoms with Crippen molar-refractivity contribution in [1.82, 2.24) is 4.98 Å². The molecule has 0 unspecified atom stereocenters. The number of nitrogens with zero attached hydrogens (tertiary/aromatic N) is 2. The molecular weight excluding hydrogens is 332 g/mol. The van der Waals surface area contributed by atoms with Gasteiger partial charge in [0.15, 0.2) is 0 Å². The van der Waals surface area contributed by atoms with Crippen LogP contribution in [0.4, 0.5) is 5.88 Å². The first-order valence-corrected chi connectivity index (χ1v) is 7.53. The monoisotopic (exact) mass is 344 g/mol. The fourth-order valence-electron chi connectivity index (χ4n) is 2.52. The minimum absolute atomic E-state index is 0.126. The number of carbonyl (C=O) groups excluding carboxylic acids is 1. The number of oxazole rings is 1. The summed E-state index contributed by atoms with van der Waals surface area (Å²) >= 11 is 6.27. The lowest BCUT2D eigenvalue weighted by Gasteiger charge is -2.23. The van der Waals surface area contributed by atoms with Crippen molar-refractivity contribution in [3.8, 4) is 6.07 Å². The topological polar surface area (TPSA) is 114 Å². The van der Waals surface area contributed by atoms with Gasteiger partial charge in [-0.25, -0.2) is 9.78 Å². The van der Waals surface area contributed by atoms with Crippen LogP contribution in [0.25, 0.3) is 0 Å². The summed E-state index contributed by atoms with van der Waals surface area (Å²) in [6, 6.07) is 9.11. The molecule has 122 valence electrons. The van der Waals surface area contributed by atoms with Crippen molar-refractivity contribution < 1.29 is 13.9 Å². The number of rotatable bonds is 3. The van der Waals surface area contributed by atoms with Crippen LogP contribution in [0.3, 0.4) is 0 Å². The summed E-state index contributed by atoms with van der Waals surface area (Å²) in [6.07, 6.45) is 0. The first-order chi connectivity index (χ1) is 11.6. The van der Waals surface area contributed by atoms with E-state index in [0.29, 0.717) is 16.3 Å². The van der Waals surface area contributed by atoms with E-state index in [-0.39, 0.29) is 29.8 Å². The summed E-state index contributed by atoms with van der Waals surface area (Å²) < 4.78 is 10.3. The Hall–Kier alpha value is -2.98. The Balaban J connectivity index is 2.15. The van der Waals surface area contributed by atoms with E-state index in [0.717, 1.165) is 0 Å². The van der Waals surface area contributed by atoms with Gasteiger partial charge in [0.1, 0.15) is 11.5 Å². The Morgan fingerprint density at radius 2 is 2.29 bits per heavy atom. The standard InChI is InChI=1S/C16H13ClN4O3/c1-2-23-16(22)15-20-12-11(8-5-3-4-6-10(8)17)9(7-18)13(19)21-14(12)24-15/h3-6,11,21H,2,19H2,1H3/t11-/m0/s1. The van der Waals surface area contributed by atoms with Gasteiger partial charge in [0.25, 0.3) is 0 Å². The van der Waals surface area contributed by atoms with Crippen molar-refractivity contribution in [1.29, 1.82) is 5.26 Å². The van der Waals surface area contributed by atoms with Crippen molar-refractivity contribution in [3.05, 3.63) is 57.8 Å². The van der Waals surface area contributed by atoms with E-state index >= 15 is 0 Å². The van der Waals surface area contributed by atoms with Crippen LogP contribution >= 0.6 is 11.6 Å². The number of anilines is 1. The minimum atomic E-state index is -0.691. The van der Waals surface area contributed by atoms with E-state index in [9.17, 15) is 10.1 Å². The maximum atomic E-state index is 11.9. The molecule has 0 aliphatic carbocycles. The van der Waals surface area contributed by atoms with E-state index in [1.165, 1.54) is 0 Å². The molecule has 1 aromatic heterocycles. The first-order valence-electron chi connectivity index (χ1n) is 7.15.